The van der Waals surface area contributed by atoms with Crippen molar-refractivity contribution in [1.29, 1.82) is 5.26 Å². The van der Waals surface area contributed by atoms with Crippen molar-refractivity contribution in [3.63, 3.8) is 0 Å². The van der Waals surface area contributed by atoms with E-state index in [2.05, 4.69) is 6.07 Å². The molecule has 18 heavy (non-hydrogen) atoms. The predicted octanol–water partition coefficient (Wildman–Crippen LogP) is 3.18. The fourth-order valence-corrected chi connectivity index (χ4v) is 1.26. The molecule has 0 radical (unpaired) electrons. The first kappa shape index (κ1) is 13.5. The largest absolute Gasteiger partial charge is 0.478 e. The number of nitriles is 1. The first-order chi connectivity index (χ1) is 8.72. The van der Waals surface area contributed by atoms with Gasteiger partial charge in [-0.3, -0.25) is 0 Å². The van der Waals surface area contributed by atoms with Crippen molar-refractivity contribution in [2.75, 3.05) is 0 Å². The normalized spacial score (nSPS) is 11.8. The molecule has 90 valence electrons. The number of hydrogen-bond donors (Lipinski definition) is 1. The molecule has 1 N–H and O–H groups in total. The summed E-state index contributed by atoms with van der Waals surface area (Å²) >= 11 is 0. The molecule has 0 saturated carbocycles. The molecule has 0 unspecified atom stereocenters. The van der Waals surface area contributed by atoms with Gasteiger partial charge in [-0.15, -0.1) is 0 Å². The maximum Gasteiger partial charge on any atom is 0.327 e. The van der Waals surface area contributed by atoms with Crippen LogP contribution in [0.3, 0.4) is 0 Å². The molecule has 0 fully saturated rings. The third kappa shape index (κ3) is 5.47. The van der Waals surface area contributed by atoms with Gasteiger partial charge in [-0.05, 0) is 18.1 Å². The van der Waals surface area contributed by atoms with Crippen LogP contribution in [0, 0.1) is 11.3 Å². The van der Waals surface area contributed by atoms with Gasteiger partial charge in [0.15, 0.2) is 0 Å². The Labute approximate surface area is 106 Å². The molecule has 1 rings (SSSR count). The molecular weight excluding hydrogens is 226 g/mol. The average molecular weight is 239 g/mol. The van der Waals surface area contributed by atoms with E-state index in [0.29, 0.717) is 12.0 Å². The van der Waals surface area contributed by atoms with Crippen LogP contribution < -0.4 is 0 Å². The predicted molar refractivity (Wildman–Crippen MR) is 70.6 cm³/mol. The van der Waals surface area contributed by atoms with Gasteiger partial charge in [-0.25, -0.2) is 4.79 Å². The fourth-order valence-electron chi connectivity index (χ4n) is 1.26. The van der Waals surface area contributed by atoms with E-state index in [1.165, 1.54) is 6.08 Å². The van der Waals surface area contributed by atoms with E-state index in [4.69, 9.17) is 10.4 Å². The maximum atomic E-state index is 10.2. The zero-order valence-corrected chi connectivity index (χ0v) is 9.78. The van der Waals surface area contributed by atoms with Crippen LogP contribution in [0.15, 0.2) is 60.2 Å². The molecule has 1 aromatic carbocycles. The topological polar surface area (TPSA) is 61.1 Å². The minimum atomic E-state index is -0.985. The first-order valence-electron chi connectivity index (χ1n) is 5.45. The lowest BCUT2D eigenvalue weighted by molar-refractivity contribution is -0.131. The van der Waals surface area contributed by atoms with E-state index in [9.17, 15) is 4.79 Å². The monoisotopic (exact) mass is 239 g/mol. The second-order valence-corrected chi connectivity index (χ2v) is 3.49. The maximum absolute atomic E-state index is 10.2. The van der Waals surface area contributed by atoms with Gasteiger partial charge >= 0.3 is 5.97 Å². The Morgan fingerprint density at radius 3 is 2.61 bits per heavy atom. The van der Waals surface area contributed by atoms with Gasteiger partial charge in [0.25, 0.3) is 0 Å². The Bertz CT molecular complexity index is 519. The summed E-state index contributed by atoms with van der Waals surface area (Å²) in [5, 5.41) is 17.3. The Morgan fingerprint density at radius 1 is 1.28 bits per heavy atom. The fraction of sp³-hybridized carbons (Fsp3) is 0.0667. The summed E-state index contributed by atoms with van der Waals surface area (Å²) in [6.07, 6.45) is 8.22. The van der Waals surface area contributed by atoms with Crippen molar-refractivity contribution in [2.45, 2.75) is 6.42 Å². The number of carbonyl (C=O) groups is 1. The van der Waals surface area contributed by atoms with E-state index in [0.717, 1.165) is 11.6 Å². The second-order valence-electron chi connectivity index (χ2n) is 3.49. The summed E-state index contributed by atoms with van der Waals surface area (Å²) in [5.41, 5.74) is 1.52. The highest BCUT2D eigenvalue weighted by molar-refractivity contribution is 5.79. The third-order valence-electron chi connectivity index (χ3n) is 2.12. The molecule has 0 bridgehead atoms. The second kappa shape index (κ2) is 7.64. The Kier molecular flexibility index (Phi) is 5.71. The molecule has 0 saturated heterocycles. The minimum absolute atomic E-state index is 0.425. The van der Waals surface area contributed by atoms with Gasteiger partial charge in [-0.1, -0.05) is 48.6 Å². The van der Waals surface area contributed by atoms with Crippen molar-refractivity contribution in [2.24, 2.45) is 0 Å². The van der Waals surface area contributed by atoms with Crippen molar-refractivity contribution in [3.05, 3.63) is 65.8 Å². The number of aliphatic carboxylic acids is 1. The van der Waals surface area contributed by atoms with Crippen molar-refractivity contribution in [1.82, 2.24) is 0 Å². The quantitative estimate of drug-likeness (QED) is 0.487. The van der Waals surface area contributed by atoms with E-state index in [1.807, 2.05) is 36.4 Å². The molecule has 0 spiro atoms. The number of allylic oxidation sites excluding steroid dienone is 4. The standard InChI is InChI=1S/C15H13NO2/c16-12-14(8-4-5-9-15(17)18)11-10-13-6-2-1-3-7-13/h1-3,5-11H,4H2,(H,17,18). The molecule has 1 aromatic rings. The zero-order valence-electron chi connectivity index (χ0n) is 9.78. The molecule has 0 aromatic heterocycles. The van der Waals surface area contributed by atoms with Crippen LogP contribution in [-0.4, -0.2) is 11.1 Å². The van der Waals surface area contributed by atoms with Crippen LogP contribution in [0.4, 0.5) is 0 Å². The molecule has 0 heterocycles. The summed E-state index contributed by atoms with van der Waals surface area (Å²) in [5.74, 6) is -0.985. The smallest absolute Gasteiger partial charge is 0.327 e. The van der Waals surface area contributed by atoms with Crippen LogP contribution in [0.1, 0.15) is 12.0 Å². The molecule has 3 heteroatoms. The van der Waals surface area contributed by atoms with E-state index >= 15 is 0 Å². The van der Waals surface area contributed by atoms with Crippen LogP contribution in [-0.2, 0) is 4.79 Å². The van der Waals surface area contributed by atoms with Gasteiger partial charge in [0.1, 0.15) is 0 Å². The van der Waals surface area contributed by atoms with Crippen molar-refractivity contribution >= 4 is 12.0 Å². The van der Waals surface area contributed by atoms with Crippen LogP contribution in [0.2, 0.25) is 0 Å². The highest BCUT2D eigenvalue weighted by Crippen LogP contribution is 2.05. The highest BCUT2D eigenvalue weighted by Gasteiger charge is 1.89. The number of benzene rings is 1. The molecule has 0 aliphatic heterocycles. The van der Waals surface area contributed by atoms with Gasteiger partial charge < -0.3 is 5.11 Å². The summed E-state index contributed by atoms with van der Waals surface area (Å²) in [7, 11) is 0. The molecule has 0 atom stereocenters. The SMILES string of the molecule is N#CC(C=Cc1ccccc1)=CCC=CC(=O)O. The van der Waals surface area contributed by atoms with Crippen LogP contribution in [0.25, 0.3) is 6.08 Å². The highest BCUT2D eigenvalue weighted by atomic mass is 16.4. The minimum Gasteiger partial charge on any atom is -0.478 e. The lowest BCUT2D eigenvalue weighted by atomic mass is 10.1. The van der Waals surface area contributed by atoms with Gasteiger partial charge in [0.2, 0.25) is 0 Å². The van der Waals surface area contributed by atoms with Crippen molar-refractivity contribution < 1.29 is 9.90 Å². The lowest BCUT2D eigenvalue weighted by Crippen LogP contribution is -1.85. The number of carboxylic acids is 1. The molecule has 0 aliphatic rings. The van der Waals surface area contributed by atoms with Crippen molar-refractivity contribution in [3.8, 4) is 6.07 Å². The van der Waals surface area contributed by atoms with E-state index in [-0.39, 0.29) is 0 Å². The Hall–Kier alpha value is -2.60. The summed E-state index contributed by atoms with van der Waals surface area (Å²) in [4.78, 5) is 10.2. The zero-order chi connectivity index (χ0) is 13.2. The van der Waals surface area contributed by atoms with Crippen LogP contribution >= 0.6 is 0 Å². The number of hydrogen-bond acceptors (Lipinski definition) is 2. The average Bonchev–Trinajstić information content (AvgIpc) is 2.39. The molecule has 0 amide bonds. The molecule has 0 aliphatic carbocycles. The summed E-state index contributed by atoms with van der Waals surface area (Å²) in [6, 6.07) is 11.7. The first-order valence-corrected chi connectivity index (χ1v) is 5.45. The van der Waals surface area contributed by atoms with Gasteiger partial charge in [-0.2, -0.15) is 5.26 Å². The van der Waals surface area contributed by atoms with Gasteiger partial charge in [0, 0.05) is 11.6 Å². The Balaban J connectivity index is 2.63. The molecule has 3 nitrogen and oxygen atoms in total. The number of nitrogens with zero attached hydrogens (tertiary/aromatic N) is 1. The summed E-state index contributed by atoms with van der Waals surface area (Å²) in [6.45, 7) is 0. The third-order valence-corrected chi connectivity index (χ3v) is 2.12. The van der Waals surface area contributed by atoms with E-state index in [1.54, 1.807) is 12.2 Å². The lowest BCUT2D eigenvalue weighted by Gasteiger charge is -1.91. The van der Waals surface area contributed by atoms with Gasteiger partial charge in [0.05, 0.1) is 6.07 Å². The van der Waals surface area contributed by atoms with Crippen LogP contribution in [0.5, 0.6) is 0 Å². The Morgan fingerprint density at radius 2 is 2.00 bits per heavy atom. The number of rotatable bonds is 5. The molecular formula is C15H13NO2. The summed E-state index contributed by atoms with van der Waals surface area (Å²) < 4.78 is 0. The number of carboxylic acid groups (broad SMARTS) is 1. The van der Waals surface area contributed by atoms with E-state index < -0.39 is 5.97 Å².